The normalized spacial score (nSPS) is 11.5. The molecule has 0 fully saturated rings. The van der Waals surface area contributed by atoms with Crippen molar-refractivity contribution in [2.75, 3.05) is 0 Å². The molecule has 0 radical (unpaired) electrons. The number of sulfonamides is 1. The molecule has 0 bridgehead atoms. The summed E-state index contributed by atoms with van der Waals surface area (Å²) < 4.78 is 45.2. The number of hydrogen-bond donors (Lipinski definition) is 3. The van der Waals surface area contributed by atoms with Gasteiger partial charge >= 0.3 is 25.3 Å². The molecule has 2 aromatic heterocycles. The van der Waals surface area contributed by atoms with E-state index >= 15 is 0 Å². The van der Waals surface area contributed by atoms with Crippen molar-refractivity contribution in [3.05, 3.63) is 74.4 Å². The van der Waals surface area contributed by atoms with Gasteiger partial charge in [0.15, 0.2) is 0 Å². The van der Waals surface area contributed by atoms with E-state index in [1.54, 1.807) is 24.5 Å². The van der Waals surface area contributed by atoms with Crippen LogP contribution in [0.5, 0.6) is 0 Å². The summed E-state index contributed by atoms with van der Waals surface area (Å²) in [6, 6.07) is 13.3. The van der Waals surface area contributed by atoms with Crippen molar-refractivity contribution in [2.45, 2.75) is 11.8 Å². The minimum absolute atomic E-state index is 0.0535. The topological polar surface area (TPSA) is 195 Å². The van der Waals surface area contributed by atoms with Crippen LogP contribution in [0.4, 0.5) is 5.69 Å². The van der Waals surface area contributed by atoms with Gasteiger partial charge in [0.25, 0.3) is 10.0 Å². The molecular formula is C19H19MoN7O4S4. The summed E-state index contributed by atoms with van der Waals surface area (Å²) >= 11 is 5.47. The number of guanidine groups is 1. The average Bonchev–Trinajstić information content (AvgIpc) is 3.49. The zero-order chi connectivity index (χ0) is 26.3. The van der Waals surface area contributed by atoms with Gasteiger partial charge in [-0.05, 0) is 52.8 Å². The maximum atomic E-state index is 12.2. The molecule has 0 aliphatic carbocycles. The summed E-state index contributed by atoms with van der Waals surface area (Å²) in [6.07, 6.45) is 1.61. The Kier molecular flexibility index (Phi) is 13.8. The fourth-order valence-corrected chi connectivity index (χ4v) is 4.51. The van der Waals surface area contributed by atoms with Crippen LogP contribution in [0.3, 0.4) is 0 Å². The molecule has 0 atom stereocenters. The van der Waals surface area contributed by atoms with Crippen LogP contribution in [-0.4, -0.2) is 31.5 Å². The van der Waals surface area contributed by atoms with Crippen LogP contribution < -0.4 is 11.5 Å². The van der Waals surface area contributed by atoms with E-state index in [2.05, 4.69) is 32.5 Å². The number of benzene rings is 1. The molecule has 0 aliphatic rings. The Morgan fingerprint density at radius 3 is 2.17 bits per heavy atom. The zero-order valence-electron chi connectivity index (χ0n) is 18.0. The molecular weight excluding hydrogens is 614 g/mol. The first-order valence-corrected chi connectivity index (χ1v) is 14.3. The van der Waals surface area contributed by atoms with Crippen molar-refractivity contribution < 1.29 is 33.7 Å². The van der Waals surface area contributed by atoms with Gasteiger partial charge in [0.2, 0.25) is 0 Å². The second-order valence-electron chi connectivity index (χ2n) is 5.89. The minimum atomic E-state index is -3.76. The fourth-order valence-electron chi connectivity index (χ4n) is 2.10. The van der Waals surface area contributed by atoms with Crippen molar-refractivity contribution in [3.63, 3.8) is 0 Å². The number of thiophene rings is 2. The van der Waals surface area contributed by atoms with Gasteiger partial charge in [-0.25, -0.2) is 0 Å². The zero-order valence-corrected chi connectivity index (χ0v) is 23.2. The van der Waals surface area contributed by atoms with Crippen LogP contribution in [0.2, 0.25) is 0 Å². The van der Waals surface area contributed by atoms with Crippen molar-refractivity contribution in [2.24, 2.45) is 26.1 Å². The first-order valence-electron chi connectivity index (χ1n) is 9.09. The van der Waals surface area contributed by atoms with E-state index < -0.39 is 28.5 Å². The van der Waals surface area contributed by atoms with E-state index in [1.165, 1.54) is 35.6 Å². The summed E-state index contributed by atoms with van der Waals surface area (Å²) in [5, 5.41) is 21.8. The van der Waals surface area contributed by atoms with Gasteiger partial charge in [-0.3, -0.25) is 0 Å². The number of nitrogens with one attached hydrogen (secondary N) is 1. The third kappa shape index (κ3) is 12.4. The Labute approximate surface area is 224 Å². The molecule has 0 saturated carbocycles. The van der Waals surface area contributed by atoms with Gasteiger partial charge in [-0.15, -0.1) is 22.7 Å². The van der Waals surface area contributed by atoms with Crippen molar-refractivity contribution in [1.29, 1.82) is 5.41 Å². The van der Waals surface area contributed by atoms with E-state index in [9.17, 15) is 8.42 Å². The number of amidine groups is 1. The molecule has 0 saturated heterocycles. The van der Waals surface area contributed by atoms with E-state index in [-0.39, 0.29) is 16.0 Å². The second-order valence-corrected chi connectivity index (χ2v) is 10.2. The van der Waals surface area contributed by atoms with E-state index in [4.69, 9.17) is 23.7 Å². The number of nitrogens with zero attached hydrogens (tertiary/aromatic N) is 4. The average molecular weight is 634 g/mol. The Bertz CT molecular complexity index is 1300. The molecule has 0 spiro atoms. The van der Waals surface area contributed by atoms with Crippen LogP contribution in [0.15, 0.2) is 78.8 Å². The molecule has 16 heteroatoms. The molecule has 0 aliphatic heterocycles. The van der Waals surface area contributed by atoms with Crippen LogP contribution in [0.25, 0.3) is 5.32 Å². The molecule has 3 aromatic rings. The van der Waals surface area contributed by atoms with Crippen molar-refractivity contribution >= 4 is 74.1 Å². The summed E-state index contributed by atoms with van der Waals surface area (Å²) in [6.45, 7) is 1.66. The molecule has 35 heavy (non-hydrogen) atoms. The van der Waals surface area contributed by atoms with Gasteiger partial charge in [0, 0.05) is 15.7 Å². The molecule has 0 amide bonds. The molecule has 11 nitrogen and oxygen atoms in total. The standard InChI is InChI=1S/C13H13N4O2S2.C6H7N3S2.Mo.2O/c1-9(12-3-2-8-20-12)17-21(18,19)11-6-4-10(5-7-11)16-13(14)15;7-6(10)9-8-4-5-2-1-3-11-5;;;/h2-8H,1H3,(H3-,14,15,16);1-4H,(H3,7,9,10);;;/q-1;;+2;;/p-1/b17-9+;8-4-;;;. The maximum absolute atomic E-state index is 12.2. The second kappa shape index (κ2) is 15.9. The first kappa shape index (κ1) is 30.2. The quantitative estimate of drug-likeness (QED) is 0.121. The molecule has 2 heterocycles. The van der Waals surface area contributed by atoms with Gasteiger partial charge in [0.05, 0.1) is 16.8 Å². The Morgan fingerprint density at radius 1 is 1.09 bits per heavy atom. The van der Waals surface area contributed by atoms with Crippen LogP contribution in [0.1, 0.15) is 16.7 Å². The fraction of sp³-hybridized carbons (Fsp3) is 0.0526. The number of hydrogen-bond acceptors (Lipinski definition) is 10. The summed E-state index contributed by atoms with van der Waals surface area (Å²) in [5.41, 5.74) is 11.1. The Balaban J connectivity index is 0.000000366. The van der Waals surface area contributed by atoms with Crippen LogP contribution in [0, 0.1) is 5.41 Å². The first-order chi connectivity index (χ1) is 16.6. The monoisotopic (exact) mass is 635 g/mol. The van der Waals surface area contributed by atoms with Crippen LogP contribution >= 0.6 is 22.7 Å². The summed E-state index contributed by atoms with van der Waals surface area (Å²) in [5.74, 6) is -0.336. The number of nitrogens with two attached hydrogens (primary N) is 2. The van der Waals surface area contributed by atoms with E-state index in [0.29, 0.717) is 11.4 Å². The van der Waals surface area contributed by atoms with Gasteiger partial charge < -0.3 is 34.8 Å². The van der Waals surface area contributed by atoms with Crippen molar-refractivity contribution in [3.8, 4) is 0 Å². The third-order valence-corrected chi connectivity index (χ3v) is 6.65. The van der Waals surface area contributed by atoms with Gasteiger partial charge in [-0.2, -0.15) is 23.0 Å². The van der Waals surface area contributed by atoms with Gasteiger partial charge in [0.1, 0.15) is 0 Å². The summed E-state index contributed by atoms with van der Waals surface area (Å²) in [7, 11) is -3.76. The van der Waals surface area contributed by atoms with E-state index in [1.807, 2.05) is 35.0 Å². The Morgan fingerprint density at radius 2 is 1.69 bits per heavy atom. The molecule has 1 aromatic carbocycles. The molecule has 184 valence electrons. The molecule has 3 rings (SSSR count). The predicted molar refractivity (Wildman–Crippen MR) is 137 cm³/mol. The molecule has 0 unspecified atom stereocenters. The Hall–Kier alpha value is -2.84. The predicted octanol–water partition coefficient (Wildman–Crippen LogP) is 3.55. The van der Waals surface area contributed by atoms with Gasteiger partial charge in [-0.1, -0.05) is 24.3 Å². The third-order valence-electron chi connectivity index (χ3n) is 3.40. The van der Waals surface area contributed by atoms with E-state index in [0.717, 1.165) is 9.75 Å². The van der Waals surface area contributed by atoms with Crippen LogP contribution in [-0.2, 0) is 47.9 Å². The summed E-state index contributed by atoms with van der Waals surface area (Å²) in [4.78, 5) is 1.91. The number of rotatable bonds is 6. The molecule has 5 N–H and O–H groups in total. The van der Waals surface area contributed by atoms with Crippen molar-refractivity contribution in [1.82, 2.24) is 0 Å². The SMILES string of the molecule is C/C(=N\S(=O)(=O)c1ccc([N-]C(=N)N)cc1)c1cccs1.N/C([S-])=N/N=C\c1cccs1.[O]=[Mo+2]=[O].